The lowest BCUT2D eigenvalue weighted by Gasteiger charge is -2.18. The van der Waals surface area contributed by atoms with E-state index >= 15 is 0 Å². The topological polar surface area (TPSA) is 59.9 Å². The molecule has 0 aliphatic carbocycles. The standard InChI is InChI=1S/C17H13F3N2O3/c18-17(19,20)13-3-1-2-12(9-13)16(23)22-21-10-11-4-5-14-15(8-11)25-7-6-24-14/h1-5,8-10H,6-7H2,(H,22,23)/b21-10+. The first kappa shape index (κ1) is 16.8. The number of benzene rings is 2. The summed E-state index contributed by atoms with van der Waals surface area (Å²) in [6, 6.07) is 9.24. The number of alkyl halides is 3. The van der Waals surface area contributed by atoms with Gasteiger partial charge in [-0.3, -0.25) is 4.79 Å². The summed E-state index contributed by atoms with van der Waals surface area (Å²) in [4.78, 5) is 11.9. The van der Waals surface area contributed by atoms with Gasteiger partial charge < -0.3 is 9.47 Å². The van der Waals surface area contributed by atoms with Crippen LogP contribution in [0, 0.1) is 0 Å². The highest BCUT2D eigenvalue weighted by Crippen LogP contribution is 2.30. The quantitative estimate of drug-likeness (QED) is 0.683. The zero-order valence-corrected chi connectivity index (χ0v) is 12.8. The van der Waals surface area contributed by atoms with E-state index in [0.717, 1.165) is 12.1 Å². The van der Waals surface area contributed by atoms with Gasteiger partial charge in [-0.1, -0.05) is 6.07 Å². The summed E-state index contributed by atoms with van der Waals surface area (Å²) in [6.45, 7) is 0.924. The van der Waals surface area contributed by atoms with Crippen LogP contribution >= 0.6 is 0 Å². The van der Waals surface area contributed by atoms with E-state index in [2.05, 4.69) is 10.5 Å². The van der Waals surface area contributed by atoms with Crippen LogP contribution in [0.15, 0.2) is 47.6 Å². The summed E-state index contributed by atoms with van der Waals surface area (Å²) in [5.41, 5.74) is 1.82. The molecule has 3 rings (SSSR count). The number of hydrogen-bond donors (Lipinski definition) is 1. The zero-order chi connectivity index (χ0) is 17.9. The fourth-order valence-corrected chi connectivity index (χ4v) is 2.21. The molecule has 0 saturated carbocycles. The molecule has 0 spiro atoms. The number of hydrogen-bond acceptors (Lipinski definition) is 4. The van der Waals surface area contributed by atoms with Gasteiger partial charge in [-0.2, -0.15) is 18.3 Å². The van der Waals surface area contributed by atoms with E-state index in [-0.39, 0.29) is 5.56 Å². The average Bonchev–Trinajstić information content (AvgIpc) is 2.61. The first-order chi connectivity index (χ1) is 11.9. The minimum Gasteiger partial charge on any atom is -0.486 e. The van der Waals surface area contributed by atoms with Gasteiger partial charge in [-0.05, 0) is 42.0 Å². The van der Waals surface area contributed by atoms with Gasteiger partial charge in [0.05, 0.1) is 11.8 Å². The van der Waals surface area contributed by atoms with Gasteiger partial charge in [-0.25, -0.2) is 5.43 Å². The Balaban J connectivity index is 1.67. The van der Waals surface area contributed by atoms with Crippen molar-refractivity contribution in [3.05, 3.63) is 59.2 Å². The van der Waals surface area contributed by atoms with Crippen LogP contribution in [0.1, 0.15) is 21.5 Å². The Morgan fingerprint density at radius 1 is 1.08 bits per heavy atom. The van der Waals surface area contributed by atoms with Gasteiger partial charge in [0.25, 0.3) is 5.91 Å². The largest absolute Gasteiger partial charge is 0.486 e. The van der Waals surface area contributed by atoms with Crippen LogP contribution < -0.4 is 14.9 Å². The van der Waals surface area contributed by atoms with Crippen molar-refractivity contribution < 1.29 is 27.4 Å². The second-order valence-corrected chi connectivity index (χ2v) is 5.18. The number of amides is 1. The monoisotopic (exact) mass is 350 g/mol. The van der Waals surface area contributed by atoms with E-state index in [1.165, 1.54) is 18.3 Å². The smallest absolute Gasteiger partial charge is 0.416 e. The molecule has 0 unspecified atom stereocenters. The molecule has 1 heterocycles. The highest BCUT2D eigenvalue weighted by atomic mass is 19.4. The summed E-state index contributed by atoms with van der Waals surface area (Å²) in [5.74, 6) is 0.454. The number of hydrazone groups is 1. The third-order valence-corrected chi connectivity index (χ3v) is 3.40. The second kappa shape index (κ2) is 6.84. The zero-order valence-electron chi connectivity index (χ0n) is 12.8. The third-order valence-electron chi connectivity index (χ3n) is 3.40. The van der Waals surface area contributed by atoms with Gasteiger partial charge >= 0.3 is 6.18 Å². The molecule has 1 amide bonds. The Labute approximate surface area is 141 Å². The van der Waals surface area contributed by atoms with Crippen LogP contribution in [0.25, 0.3) is 0 Å². The normalized spacial score (nSPS) is 13.7. The van der Waals surface area contributed by atoms with Gasteiger partial charge in [0, 0.05) is 5.56 Å². The third kappa shape index (κ3) is 4.09. The average molecular weight is 350 g/mol. The van der Waals surface area contributed by atoms with Crippen LogP contribution in [0.4, 0.5) is 13.2 Å². The molecular formula is C17H13F3N2O3. The number of nitrogens with zero attached hydrogens (tertiary/aromatic N) is 1. The highest BCUT2D eigenvalue weighted by Gasteiger charge is 2.30. The van der Waals surface area contributed by atoms with E-state index in [1.807, 2.05) is 0 Å². The molecule has 0 fully saturated rings. The summed E-state index contributed by atoms with van der Waals surface area (Å²) in [7, 11) is 0. The summed E-state index contributed by atoms with van der Waals surface area (Å²) >= 11 is 0. The fourth-order valence-electron chi connectivity index (χ4n) is 2.21. The number of rotatable bonds is 3. The van der Waals surface area contributed by atoms with Crippen molar-refractivity contribution in [3.8, 4) is 11.5 Å². The number of halogens is 3. The predicted molar refractivity (Wildman–Crippen MR) is 83.9 cm³/mol. The van der Waals surface area contributed by atoms with Crippen LogP contribution in [0.2, 0.25) is 0 Å². The van der Waals surface area contributed by atoms with Gasteiger partial charge in [0.15, 0.2) is 11.5 Å². The maximum atomic E-state index is 12.7. The molecule has 1 aliphatic heterocycles. The van der Waals surface area contributed by atoms with E-state index in [9.17, 15) is 18.0 Å². The Morgan fingerprint density at radius 2 is 1.84 bits per heavy atom. The van der Waals surface area contributed by atoms with E-state index in [1.54, 1.807) is 18.2 Å². The lowest BCUT2D eigenvalue weighted by atomic mass is 10.1. The Kier molecular flexibility index (Phi) is 4.60. The van der Waals surface area contributed by atoms with Crippen LogP contribution in [0.3, 0.4) is 0 Å². The Hall–Kier alpha value is -3.03. The van der Waals surface area contributed by atoms with Crippen molar-refractivity contribution in [3.63, 3.8) is 0 Å². The maximum Gasteiger partial charge on any atom is 0.416 e. The molecule has 130 valence electrons. The lowest BCUT2D eigenvalue weighted by Crippen LogP contribution is -2.18. The van der Waals surface area contributed by atoms with Crippen LogP contribution in [-0.4, -0.2) is 25.3 Å². The molecule has 0 saturated heterocycles. The first-order valence-electron chi connectivity index (χ1n) is 7.34. The van der Waals surface area contributed by atoms with Gasteiger partial charge in [0.2, 0.25) is 0 Å². The predicted octanol–water partition coefficient (Wildman–Crippen LogP) is 3.24. The molecule has 0 bridgehead atoms. The number of ether oxygens (including phenoxy) is 2. The number of carbonyl (C=O) groups is 1. The van der Waals surface area contributed by atoms with Gasteiger partial charge in [0.1, 0.15) is 13.2 Å². The summed E-state index contributed by atoms with van der Waals surface area (Å²) < 4.78 is 48.8. The molecule has 0 atom stereocenters. The molecule has 0 aromatic heterocycles. The minimum absolute atomic E-state index is 0.130. The first-order valence-corrected chi connectivity index (χ1v) is 7.34. The molecule has 8 heteroatoms. The van der Waals surface area contributed by atoms with Crippen molar-refractivity contribution >= 4 is 12.1 Å². The Morgan fingerprint density at radius 3 is 2.60 bits per heavy atom. The SMILES string of the molecule is O=C(N/N=C/c1ccc2c(c1)OCCO2)c1cccc(C(F)(F)F)c1. The molecular weight excluding hydrogens is 337 g/mol. The lowest BCUT2D eigenvalue weighted by molar-refractivity contribution is -0.137. The summed E-state index contributed by atoms with van der Waals surface area (Å²) in [6.07, 6.45) is -3.14. The molecule has 25 heavy (non-hydrogen) atoms. The molecule has 0 radical (unpaired) electrons. The second-order valence-electron chi connectivity index (χ2n) is 5.18. The molecule has 2 aromatic carbocycles. The fraction of sp³-hybridized carbons (Fsp3) is 0.176. The highest BCUT2D eigenvalue weighted by molar-refractivity contribution is 5.95. The Bertz CT molecular complexity index is 819. The van der Waals surface area contributed by atoms with Gasteiger partial charge in [-0.15, -0.1) is 0 Å². The van der Waals surface area contributed by atoms with E-state index in [4.69, 9.17) is 9.47 Å². The molecule has 5 nitrogen and oxygen atoms in total. The van der Waals surface area contributed by atoms with Crippen molar-refractivity contribution in [1.29, 1.82) is 0 Å². The van der Waals surface area contributed by atoms with Crippen molar-refractivity contribution in [2.75, 3.05) is 13.2 Å². The van der Waals surface area contributed by atoms with Crippen LogP contribution in [-0.2, 0) is 6.18 Å². The van der Waals surface area contributed by atoms with Crippen molar-refractivity contribution in [2.45, 2.75) is 6.18 Å². The van der Waals surface area contributed by atoms with E-state index < -0.39 is 17.6 Å². The summed E-state index contributed by atoms with van der Waals surface area (Å²) in [5, 5.41) is 3.76. The maximum absolute atomic E-state index is 12.7. The number of nitrogens with one attached hydrogen (secondary N) is 1. The van der Waals surface area contributed by atoms with E-state index in [0.29, 0.717) is 30.3 Å². The molecule has 2 aromatic rings. The number of carbonyl (C=O) groups excluding carboxylic acids is 1. The van der Waals surface area contributed by atoms with Crippen molar-refractivity contribution in [2.24, 2.45) is 5.10 Å². The number of fused-ring (bicyclic) bond motifs is 1. The minimum atomic E-state index is -4.51. The molecule has 1 aliphatic rings. The van der Waals surface area contributed by atoms with Crippen molar-refractivity contribution in [1.82, 2.24) is 5.43 Å². The van der Waals surface area contributed by atoms with Crippen LogP contribution in [0.5, 0.6) is 11.5 Å². The molecule has 1 N–H and O–H groups in total.